The second-order valence-corrected chi connectivity index (χ2v) is 7.61. The number of ether oxygens (including phenoxy) is 1. The molecule has 0 unspecified atom stereocenters. The number of aryl methyl sites for hydroxylation is 3. The quantitative estimate of drug-likeness (QED) is 0.460. The Morgan fingerprint density at radius 2 is 1.86 bits per heavy atom. The summed E-state index contributed by atoms with van der Waals surface area (Å²) in [5.41, 5.74) is 10.7. The van der Waals surface area contributed by atoms with Crippen molar-refractivity contribution in [1.29, 1.82) is 0 Å². The molecule has 6 N–H and O–H groups in total. The number of benzene rings is 1. The van der Waals surface area contributed by atoms with Crippen LogP contribution >= 0.6 is 0 Å². The van der Waals surface area contributed by atoms with E-state index in [4.69, 9.17) is 10.5 Å². The van der Waals surface area contributed by atoms with Gasteiger partial charge in [0.2, 0.25) is 17.4 Å². The van der Waals surface area contributed by atoms with E-state index < -0.39 is 29.6 Å². The van der Waals surface area contributed by atoms with E-state index >= 15 is 0 Å². The van der Waals surface area contributed by atoms with Gasteiger partial charge in [0.25, 0.3) is 0 Å². The number of hydrogen-bond acceptors (Lipinski definition) is 8. The summed E-state index contributed by atoms with van der Waals surface area (Å²) >= 11 is 0. The number of carboxylic acids is 1. The number of anilines is 3. The number of nitrogens with one attached hydrogen (secondary N) is 4. The second kappa shape index (κ2) is 12.1. The number of Topliss-reactive ketones (excluding diaryl/α,β-unsaturated/α-hetero) is 1. The molecule has 0 bridgehead atoms. The van der Waals surface area contributed by atoms with E-state index in [2.05, 4.69) is 53.5 Å². The molecule has 0 radical (unpaired) electrons. The van der Waals surface area contributed by atoms with Crippen LogP contribution in [0.3, 0.4) is 0 Å². The summed E-state index contributed by atoms with van der Waals surface area (Å²) in [4.78, 5) is 48.5. The van der Waals surface area contributed by atoms with Gasteiger partial charge in [0.15, 0.2) is 0 Å². The number of aromatic nitrogens is 1. The lowest BCUT2D eigenvalue weighted by Gasteiger charge is -2.11. The van der Waals surface area contributed by atoms with E-state index in [1.807, 2.05) is 11.4 Å². The van der Waals surface area contributed by atoms with Gasteiger partial charge in [0.05, 0.1) is 25.7 Å². The maximum atomic E-state index is 11.4. The summed E-state index contributed by atoms with van der Waals surface area (Å²) < 4.78 is 4.84. The van der Waals surface area contributed by atoms with Gasteiger partial charge in [-0.3, -0.25) is 10.1 Å². The Kier molecular flexibility index (Phi) is 9.27. The Bertz CT molecular complexity index is 1150. The lowest BCUT2D eigenvalue weighted by Crippen LogP contribution is -2.46. The predicted octanol–water partition coefficient (Wildman–Crippen LogP) is 0.658. The van der Waals surface area contributed by atoms with Crippen molar-refractivity contribution in [3.63, 3.8) is 0 Å². The van der Waals surface area contributed by atoms with Crippen LogP contribution in [-0.2, 0) is 20.9 Å². The number of hydrogen-bond donors (Lipinski definition) is 4. The first-order valence-electron chi connectivity index (χ1n) is 10.7. The molecule has 0 atom stereocenters. The molecule has 0 spiro atoms. The molecule has 2 heterocycles. The third-order valence-corrected chi connectivity index (χ3v) is 4.86. The summed E-state index contributed by atoms with van der Waals surface area (Å²) in [7, 11) is 0. The number of aliphatic carboxylic acids is 1. The van der Waals surface area contributed by atoms with E-state index in [1.54, 1.807) is 13.0 Å². The van der Waals surface area contributed by atoms with E-state index in [0.29, 0.717) is 24.7 Å². The topological polar surface area (TPSA) is 189 Å². The minimum Gasteiger partial charge on any atom is -0.543 e. The van der Waals surface area contributed by atoms with Crippen molar-refractivity contribution in [2.75, 3.05) is 29.5 Å². The van der Waals surface area contributed by atoms with Crippen LogP contribution < -0.4 is 31.8 Å². The molecule has 0 saturated carbocycles. The summed E-state index contributed by atoms with van der Waals surface area (Å²) in [6.45, 7) is 8.75. The van der Waals surface area contributed by atoms with E-state index in [1.165, 1.54) is 22.3 Å². The third-order valence-electron chi connectivity index (χ3n) is 4.86. The zero-order valence-corrected chi connectivity index (χ0v) is 19.9. The number of nitrogens with zero attached hydrogens (tertiary/aromatic N) is 1. The number of nitrogen functional groups attached to an aromatic ring is 1. The average molecular weight is 485 g/mol. The van der Waals surface area contributed by atoms with Crippen LogP contribution in [0.25, 0.3) is 0 Å². The first-order valence-corrected chi connectivity index (χ1v) is 10.7. The Labute approximate surface area is 202 Å². The molecule has 12 heteroatoms. The minimum atomic E-state index is -1.72. The first-order chi connectivity index (χ1) is 16.5. The van der Waals surface area contributed by atoms with Gasteiger partial charge in [-0.25, -0.2) is 14.6 Å². The fourth-order valence-corrected chi connectivity index (χ4v) is 3.27. The van der Waals surface area contributed by atoms with Crippen LogP contribution in [0.5, 0.6) is 0 Å². The number of pyridine rings is 1. The molecule has 0 fully saturated rings. The van der Waals surface area contributed by atoms with Gasteiger partial charge in [0.1, 0.15) is 11.4 Å². The molecular weight excluding hydrogens is 456 g/mol. The maximum Gasteiger partial charge on any atom is 0.411 e. The number of carboxylic acid groups (broad SMARTS) is 1. The first kappa shape index (κ1) is 26.8. The average Bonchev–Trinajstić information content (AvgIpc) is 2.77. The SMILES string of the molecule is CCOC(=O)Nc1ccc(NCc2c(C)cc(C)cc2C)[nH+]c1N.O=C1N=C(C(=O)[O-])C(=O)CN1. The Balaban J connectivity index is 0.000000328. The van der Waals surface area contributed by atoms with Crippen molar-refractivity contribution >= 4 is 46.9 Å². The second-order valence-electron chi connectivity index (χ2n) is 7.61. The molecule has 186 valence electrons. The number of rotatable bonds is 6. The molecule has 35 heavy (non-hydrogen) atoms. The highest BCUT2D eigenvalue weighted by Gasteiger charge is 2.19. The molecular formula is C23H28N6O6. The lowest BCUT2D eigenvalue weighted by molar-refractivity contribution is -0.342. The zero-order chi connectivity index (χ0) is 26.1. The molecule has 1 aromatic heterocycles. The van der Waals surface area contributed by atoms with E-state index in [0.717, 1.165) is 5.82 Å². The minimum absolute atomic E-state index is 0.310. The Hall–Kier alpha value is -4.48. The number of aliphatic imine (C=N–C) groups is 1. The Morgan fingerprint density at radius 3 is 2.40 bits per heavy atom. The predicted molar refractivity (Wildman–Crippen MR) is 127 cm³/mol. The molecule has 1 aliphatic rings. The number of amides is 3. The number of aromatic amines is 1. The van der Waals surface area contributed by atoms with Crippen molar-refractivity contribution < 1.29 is 34.0 Å². The largest absolute Gasteiger partial charge is 0.543 e. The summed E-state index contributed by atoms with van der Waals surface area (Å²) in [5.74, 6) is -1.32. The summed E-state index contributed by atoms with van der Waals surface area (Å²) in [6, 6.07) is 7.09. The third kappa shape index (κ3) is 7.81. The van der Waals surface area contributed by atoms with Crippen LogP contribution in [0.2, 0.25) is 0 Å². The van der Waals surface area contributed by atoms with Crippen LogP contribution in [0.15, 0.2) is 29.3 Å². The van der Waals surface area contributed by atoms with Crippen LogP contribution in [0.4, 0.5) is 26.9 Å². The van der Waals surface area contributed by atoms with Gasteiger partial charge < -0.3 is 31.0 Å². The van der Waals surface area contributed by atoms with Crippen molar-refractivity contribution in [2.24, 2.45) is 4.99 Å². The molecule has 2 aromatic rings. The molecule has 3 amide bonds. The zero-order valence-electron chi connectivity index (χ0n) is 19.9. The van der Waals surface area contributed by atoms with Crippen LogP contribution in [0, 0.1) is 20.8 Å². The molecule has 0 saturated heterocycles. The van der Waals surface area contributed by atoms with Crippen molar-refractivity contribution in [1.82, 2.24) is 5.32 Å². The fourth-order valence-electron chi connectivity index (χ4n) is 3.27. The number of carbonyl (C=O) groups excluding carboxylic acids is 4. The van der Waals surface area contributed by atoms with Gasteiger partial charge in [0, 0.05) is 6.07 Å². The number of nitrogens with two attached hydrogens (primary N) is 1. The van der Waals surface area contributed by atoms with Crippen molar-refractivity contribution in [3.05, 3.63) is 46.5 Å². The smallest absolute Gasteiger partial charge is 0.411 e. The van der Waals surface area contributed by atoms with Gasteiger partial charge in [-0.1, -0.05) is 17.7 Å². The van der Waals surface area contributed by atoms with Crippen LogP contribution in [-0.4, -0.2) is 42.7 Å². The molecule has 1 aliphatic heterocycles. The highest BCUT2D eigenvalue weighted by atomic mass is 16.5. The fraction of sp³-hybridized carbons (Fsp3) is 0.304. The normalized spacial score (nSPS) is 12.5. The van der Waals surface area contributed by atoms with Gasteiger partial charge >= 0.3 is 12.1 Å². The summed E-state index contributed by atoms with van der Waals surface area (Å²) in [5, 5.41) is 18.0. The van der Waals surface area contributed by atoms with Crippen molar-refractivity contribution in [2.45, 2.75) is 34.2 Å². The highest BCUT2D eigenvalue weighted by Crippen LogP contribution is 2.19. The van der Waals surface area contributed by atoms with E-state index in [-0.39, 0.29) is 6.54 Å². The molecule has 3 rings (SSSR count). The van der Waals surface area contributed by atoms with Gasteiger partial charge in [-0.15, -0.1) is 0 Å². The molecule has 12 nitrogen and oxygen atoms in total. The monoisotopic (exact) mass is 484 g/mol. The summed E-state index contributed by atoms with van der Waals surface area (Å²) in [6.07, 6.45) is -0.524. The Morgan fingerprint density at radius 1 is 1.20 bits per heavy atom. The standard InChI is InChI=1S/C18H24N4O2.C5H4N2O4/c1-5-24-18(23)21-15-6-7-16(22-17(15)19)20-10-14-12(3)8-11(2)9-13(14)4;8-2-1-6-5(11)7-3(2)4(9)10/h6-9H,5,10H2,1-4H3,(H,21,23)(H3,19,20,22);1H2,(H,6,11)(H,9,10). The van der Waals surface area contributed by atoms with E-state index in [9.17, 15) is 24.3 Å². The molecule has 1 aromatic carbocycles. The van der Waals surface area contributed by atoms with Gasteiger partial charge in [-0.2, -0.15) is 4.99 Å². The molecule has 0 aliphatic carbocycles. The van der Waals surface area contributed by atoms with Gasteiger partial charge in [-0.05, 0) is 50.5 Å². The number of urea groups is 1. The number of H-pyrrole nitrogens is 1. The lowest BCUT2D eigenvalue weighted by atomic mass is 10.00. The highest BCUT2D eigenvalue weighted by molar-refractivity contribution is 6.65. The van der Waals surface area contributed by atoms with Crippen LogP contribution in [0.1, 0.15) is 29.2 Å². The number of carbonyl (C=O) groups is 4. The number of ketones is 1. The maximum absolute atomic E-state index is 11.4. The van der Waals surface area contributed by atoms with Crippen molar-refractivity contribution in [3.8, 4) is 0 Å².